The van der Waals surface area contributed by atoms with Gasteiger partial charge < -0.3 is 14.8 Å². The van der Waals surface area contributed by atoms with Crippen LogP contribution in [-0.2, 0) is 13.2 Å². The SMILES string of the molecule is CCOc1cc(CNc2nccs2)cc(Cl)c1OCc1ccc(F)cc1Cl. The number of rotatable bonds is 8. The maximum absolute atomic E-state index is 13.2. The molecule has 3 aromatic rings. The first-order valence-electron chi connectivity index (χ1n) is 8.22. The Morgan fingerprint density at radius 1 is 1.15 bits per heavy atom. The van der Waals surface area contributed by atoms with E-state index < -0.39 is 5.82 Å². The third-order valence-electron chi connectivity index (χ3n) is 3.63. The van der Waals surface area contributed by atoms with Crippen LogP contribution in [0.4, 0.5) is 9.52 Å². The zero-order chi connectivity index (χ0) is 19.2. The van der Waals surface area contributed by atoms with Crippen molar-refractivity contribution in [2.75, 3.05) is 11.9 Å². The van der Waals surface area contributed by atoms with Crippen molar-refractivity contribution in [3.8, 4) is 11.5 Å². The Hall–Kier alpha value is -2.02. The minimum Gasteiger partial charge on any atom is -0.490 e. The van der Waals surface area contributed by atoms with E-state index in [1.807, 2.05) is 24.4 Å². The van der Waals surface area contributed by atoms with Gasteiger partial charge in [-0.15, -0.1) is 11.3 Å². The number of halogens is 3. The lowest BCUT2D eigenvalue weighted by Crippen LogP contribution is -2.04. The van der Waals surface area contributed by atoms with Gasteiger partial charge in [0.1, 0.15) is 12.4 Å². The molecule has 0 radical (unpaired) electrons. The van der Waals surface area contributed by atoms with Gasteiger partial charge in [0.2, 0.25) is 0 Å². The molecule has 0 unspecified atom stereocenters. The first kappa shape index (κ1) is 19.7. The molecule has 0 fully saturated rings. The molecule has 27 heavy (non-hydrogen) atoms. The number of hydrogen-bond donors (Lipinski definition) is 1. The number of thiazole rings is 1. The van der Waals surface area contributed by atoms with Gasteiger partial charge in [-0.2, -0.15) is 0 Å². The fourth-order valence-electron chi connectivity index (χ4n) is 2.40. The summed E-state index contributed by atoms with van der Waals surface area (Å²) in [6.45, 7) is 3.05. The largest absolute Gasteiger partial charge is 0.490 e. The van der Waals surface area contributed by atoms with E-state index in [1.54, 1.807) is 12.3 Å². The van der Waals surface area contributed by atoms with Gasteiger partial charge in [-0.05, 0) is 36.8 Å². The van der Waals surface area contributed by atoms with Crippen molar-refractivity contribution in [2.24, 2.45) is 0 Å². The topological polar surface area (TPSA) is 43.4 Å². The molecular formula is C19H17Cl2FN2O2S. The van der Waals surface area contributed by atoms with Crippen LogP contribution < -0.4 is 14.8 Å². The average Bonchev–Trinajstić information content (AvgIpc) is 3.14. The first-order valence-corrected chi connectivity index (χ1v) is 9.85. The molecular weight excluding hydrogens is 410 g/mol. The highest BCUT2D eigenvalue weighted by atomic mass is 35.5. The van der Waals surface area contributed by atoms with Crippen molar-refractivity contribution in [1.82, 2.24) is 4.98 Å². The summed E-state index contributed by atoms with van der Waals surface area (Å²) < 4.78 is 24.7. The van der Waals surface area contributed by atoms with Gasteiger partial charge >= 0.3 is 0 Å². The molecule has 8 heteroatoms. The fourth-order valence-corrected chi connectivity index (χ4v) is 3.44. The standard InChI is InChI=1S/C19H17Cl2FN2O2S/c1-2-25-17-8-12(10-24-19-23-5-6-27-19)7-16(21)18(17)26-11-13-3-4-14(22)9-15(13)20/h3-9H,2,10-11H2,1H3,(H,23,24). The van der Waals surface area contributed by atoms with Gasteiger partial charge in [-0.1, -0.05) is 29.3 Å². The van der Waals surface area contributed by atoms with E-state index in [9.17, 15) is 4.39 Å². The summed E-state index contributed by atoms with van der Waals surface area (Å²) >= 11 is 14.0. The monoisotopic (exact) mass is 426 g/mol. The number of nitrogens with zero attached hydrogens (tertiary/aromatic N) is 1. The van der Waals surface area contributed by atoms with Crippen LogP contribution >= 0.6 is 34.5 Å². The molecule has 0 atom stereocenters. The number of nitrogens with one attached hydrogen (secondary N) is 1. The summed E-state index contributed by atoms with van der Waals surface area (Å²) in [5.41, 5.74) is 1.59. The van der Waals surface area contributed by atoms with Crippen molar-refractivity contribution >= 4 is 39.7 Å². The second kappa shape index (κ2) is 9.26. The summed E-state index contributed by atoms with van der Waals surface area (Å²) in [6, 6.07) is 7.85. The number of aromatic nitrogens is 1. The summed E-state index contributed by atoms with van der Waals surface area (Å²) in [5, 5.41) is 6.68. The predicted octanol–water partition coefficient (Wildman–Crippen LogP) is 6.18. The second-order valence-corrected chi connectivity index (χ2v) is 7.26. The molecule has 1 aromatic heterocycles. The smallest absolute Gasteiger partial charge is 0.182 e. The Morgan fingerprint density at radius 3 is 2.70 bits per heavy atom. The highest BCUT2D eigenvalue weighted by Gasteiger charge is 2.14. The number of benzene rings is 2. The van der Waals surface area contributed by atoms with E-state index in [1.165, 1.54) is 23.5 Å². The molecule has 0 aliphatic heterocycles. The van der Waals surface area contributed by atoms with Crippen LogP contribution in [-0.4, -0.2) is 11.6 Å². The predicted molar refractivity (Wildman–Crippen MR) is 108 cm³/mol. The van der Waals surface area contributed by atoms with Gasteiger partial charge in [0.25, 0.3) is 0 Å². The Bertz CT molecular complexity index is 907. The van der Waals surface area contributed by atoms with Gasteiger partial charge in [-0.3, -0.25) is 0 Å². The Labute approximate surface area is 170 Å². The Balaban J connectivity index is 1.76. The van der Waals surface area contributed by atoms with E-state index in [0.717, 1.165) is 10.7 Å². The molecule has 4 nitrogen and oxygen atoms in total. The van der Waals surface area contributed by atoms with Crippen LogP contribution in [0.25, 0.3) is 0 Å². The molecule has 0 bridgehead atoms. The van der Waals surface area contributed by atoms with Crippen LogP contribution in [0.15, 0.2) is 41.9 Å². The molecule has 0 spiro atoms. The third kappa shape index (κ3) is 5.25. The normalized spacial score (nSPS) is 10.7. The van der Waals surface area contributed by atoms with E-state index in [-0.39, 0.29) is 6.61 Å². The number of hydrogen-bond acceptors (Lipinski definition) is 5. The van der Waals surface area contributed by atoms with Crippen molar-refractivity contribution in [3.05, 3.63) is 68.9 Å². The van der Waals surface area contributed by atoms with Crippen LogP contribution in [0.5, 0.6) is 11.5 Å². The Morgan fingerprint density at radius 2 is 2.00 bits per heavy atom. The second-order valence-electron chi connectivity index (χ2n) is 5.55. The highest BCUT2D eigenvalue weighted by Crippen LogP contribution is 2.38. The Kier molecular flexibility index (Phi) is 6.77. The molecule has 0 aliphatic carbocycles. The minimum absolute atomic E-state index is 0.148. The summed E-state index contributed by atoms with van der Waals surface area (Å²) in [5.74, 6) is 0.574. The minimum atomic E-state index is -0.395. The maximum atomic E-state index is 13.2. The quantitative estimate of drug-likeness (QED) is 0.466. The zero-order valence-corrected chi connectivity index (χ0v) is 16.8. The van der Waals surface area contributed by atoms with Crippen molar-refractivity contribution in [2.45, 2.75) is 20.1 Å². The van der Waals surface area contributed by atoms with E-state index >= 15 is 0 Å². The lowest BCUT2D eigenvalue weighted by atomic mass is 10.2. The highest BCUT2D eigenvalue weighted by molar-refractivity contribution is 7.13. The number of anilines is 1. The fraction of sp³-hybridized carbons (Fsp3) is 0.211. The van der Waals surface area contributed by atoms with Crippen molar-refractivity contribution in [1.29, 1.82) is 0 Å². The van der Waals surface area contributed by atoms with Crippen LogP contribution in [0.3, 0.4) is 0 Å². The molecule has 1 heterocycles. The van der Waals surface area contributed by atoms with Crippen molar-refractivity contribution in [3.63, 3.8) is 0 Å². The molecule has 1 N–H and O–H groups in total. The average molecular weight is 427 g/mol. The molecule has 3 rings (SSSR count). The molecule has 2 aromatic carbocycles. The summed E-state index contributed by atoms with van der Waals surface area (Å²) in [6.07, 6.45) is 1.74. The van der Waals surface area contributed by atoms with Gasteiger partial charge in [-0.25, -0.2) is 9.37 Å². The lowest BCUT2D eigenvalue weighted by Gasteiger charge is -2.16. The van der Waals surface area contributed by atoms with Crippen LogP contribution in [0.1, 0.15) is 18.1 Å². The number of ether oxygens (including phenoxy) is 2. The van der Waals surface area contributed by atoms with E-state index in [0.29, 0.717) is 40.3 Å². The van der Waals surface area contributed by atoms with E-state index in [2.05, 4.69) is 10.3 Å². The first-order chi connectivity index (χ1) is 13.1. The molecule has 0 saturated carbocycles. The van der Waals surface area contributed by atoms with Gasteiger partial charge in [0.05, 0.1) is 16.7 Å². The van der Waals surface area contributed by atoms with Gasteiger partial charge in [0, 0.05) is 23.7 Å². The van der Waals surface area contributed by atoms with Crippen LogP contribution in [0.2, 0.25) is 10.0 Å². The third-order valence-corrected chi connectivity index (χ3v) is 5.00. The molecule has 0 aliphatic rings. The van der Waals surface area contributed by atoms with Crippen molar-refractivity contribution < 1.29 is 13.9 Å². The lowest BCUT2D eigenvalue weighted by molar-refractivity contribution is 0.269. The van der Waals surface area contributed by atoms with Crippen LogP contribution in [0, 0.1) is 5.82 Å². The molecule has 0 amide bonds. The zero-order valence-electron chi connectivity index (χ0n) is 14.5. The summed E-state index contributed by atoms with van der Waals surface area (Å²) in [7, 11) is 0. The molecule has 142 valence electrons. The van der Waals surface area contributed by atoms with E-state index in [4.69, 9.17) is 32.7 Å². The molecule has 0 saturated heterocycles. The van der Waals surface area contributed by atoms with Gasteiger partial charge in [0.15, 0.2) is 16.6 Å². The summed E-state index contributed by atoms with van der Waals surface area (Å²) in [4.78, 5) is 4.19. The maximum Gasteiger partial charge on any atom is 0.182 e.